The summed E-state index contributed by atoms with van der Waals surface area (Å²) in [5.74, 6) is -0.773. The molecule has 0 fully saturated rings. The average Bonchev–Trinajstić information content (AvgIpc) is 3.12. The molecule has 1 aromatic carbocycles. The second kappa shape index (κ2) is 5.66. The van der Waals surface area contributed by atoms with Gasteiger partial charge in [-0.1, -0.05) is 12.1 Å². The van der Waals surface area contributed by atoms with Crippen LogP contribution >= 0.6 is 27.3 Å². The van der Waals surface area contributed by atoms with E-state index in [0.717, 1.165) is 9.17 Å². The van der Waals surface area contributed by atoms with Crippen molar-refractivity contribution < 1.29 is 9.59 Å². The van der Waals surface area contributed by atoms with E-state index < -0.39 is 5.91 Å². The molecule has 8 heteroatoms. The normalized spacial score (nSPS) is 10.5. The van der Waals surface area contributed by atoms with E-state index in [4.69, 9.17) is 0 Å². The molecule has 6 nitrogen and oxygen atoms in total. The lowest BCUT2D eigenvalue weighted by atomic mass is 10.1. The van der Waals surface area contributed by atoms with Gasteiger partial charge in [0, 0.05) is 5.39 Å². The average molecular weight is 365 g/mol. The van der Waals surface area contributed by atoms with Crippen molar-refractivity contribution in [2.45, 2.75) is 0 Å². The van der Waals surface area contributed by atoms with Crippen LogP contribution in [0.4, 0.5) is 0 Å². The number of nitrogens with zero attached hydrogens (tertiary/aromatic N) is 1. The van der Waals surface area contributed by atoms with E-state index in [0.29, 0.717) is 16.0 Å². The van der Waals surface area contributed by atoms with E-state index in [1.54, 1.807) is 30.5 Å². The number of aromatic nitrogens is 2. The maximum absolute atomic E-state index is 12.1. The van der Waals surface area contributed by atoms with E-state index >= 15 is 0 Å². The maximum atomic E-state index is 12.1. The third-order valence-electron chi connectivity index (χ3n) is 2.81. The molecule has 3 N–H and O–H groups in total. The van der Waals surface area contributed by atoms with Crippen LogP contribution in [0, 0.1) is 0 Å². The van der Waals surface area contributed by atoms with Gasteiger partial charge in [-0.2, -0.15) is 5.10 Å². The fourth-order valence-electron chi connectivity index (χ4n) is 1.84. The molecule has 106 valence electrons. The zero-order valence-corrected chi connectivity index (χ0v) is 12.9. The summed E-state index contributed by atoms with van der Waals surface area (Å²) in [5, 5.41) is 7.49. The van der Waals surface area contributed by atoms with Gasteiger partial charge >= 0.3 is 0 Å². The van der Waals surface area contributed by atoms with Gasteiger partial charge in [0.1, 0.15) is 0 Å². The van der Waals surface area contributed by atoms with Gasteiger partial charge in [0.15, 0.2) is 0 Å². The van der Waals surface area contributed by atoms with Crippen LogP contribution in [0.15, 0.2) is 40.3 Å². The number of benzene rings is 1. The third-order valence-corrected chi connectivity index (χ3v) is 4.43. The summed E-state index contributed by atoms with van der Waals surface area (Å²) < 4.78 is 0.848. The Morgan fingerprint density at radius 3 is 2.71 bits per heavy atom. The van der Waals surface area contributed by atoms with E-state index in [9.17, 15) is 9.59 Å². The van der Waals surface area contributed by atoms with E-state index in [2.05, 4.69) is 37.0 Å². The van der Waals surface area contributed by atoms with Gasteiger partial charge in [0.2, 0.25) is 0 Å². The highest BCUT2D eigenvalue weighted by Gasteiger charge is 2.13. The first-order valence-corrected chi connectivity index (χ1v) is 7.54. The second-order valence-corrected chi connectivity index (χ2v) is 6.61. The maximum Gasteiger partial charge on any atom is 0.279 e. The van der Waals surface area contributed by atoms with E-state index in [-0.39, 0.29) is 5.91 Å². The van der Waals surface area contributed by atoms with Gasteiger partial charge in [-0.15, -0.1) is 11.3 Å². The first kappa shape index (κ1) is 13.8. The Kier molecular flexibility index (Phi) is 3.72. The lowest BCUT2D eigenvalue weighted by molar-refractivity contribution is 0.0849. The number of H-pyrrole nitrogens is 1. The smallest absolute Gasteiger partial charge is 0.277 e. The molecule has 2 aromatic heterocycles. The number of amides is 2. The number of fused-ring (bicyclic) bond motifs is 1. The zero-order chi connectivity index (χ0) is 14.8. The van der Waals surface area contributed by atoms with Crippen LogP contribution in [0.2, 0.25) is 0 Å². The molecule has 0 aliphatic rings. The Hall–Kier alpha value is -2.19. The van der Waals surface area contributed by atoms with Crippen molar-refractivity contribution in [2.24, 2.45) is 0 Å². The summed E-state index contributed by atoms with van der Waals surface area (Å²) in [5.41, 5.74) is 5.82. The molecule has 2 heterocycles. The SMILES string of the molecule is O=C(NNC(=O)c1cccc2cn[nH]c12)c1ccc(Br)s1. The molecule has 0 unspecified atom stereocenters. The number of carbonyl (C=O) groups excluding carboxylic acids is 2. The van der Waals surface area contributed by atoms with Crippen molar-refractivity contribution >= 4 is 50.0 Å². The lowest BCUT2D eigenvalue weighted by Gasteiger charge is -2.06. The molecule has 0 spiro atoms. The molecular weight excluding hydrogens is 356 g/mol. The summed E-state index contributed by atoms with van der Waals surface area (Å²) >= 11 is 4.56. The number of rotatable bonds is 2. The number of thiophene rings is 1. The van der Waals surface area contributed by atoms with Crippen LogP contribution in [-0.4, -0.2) is 22.0 Å². The Morgan fingerprint density at radius 1 is 1.14 bits per heavy atom. The fraction of sp³-hybridized carbons (Fsp3) is 0. The second-order valence-electron chi connectivity index (χ2n) is 4.15. The predicted molar refractivity (Wildman–Crippen MR) is 83.0 cm³/mol. The van der Waals surface area contributed by atoms with Gasteiger partial charge in [-0.25, -0.2) is 0 Å². The molecule has 0 atom stereocenters. The first-order chi connectivity index (χ1) is 10.1. The Labute approximate surface area is 131 Å². The Balaban J connectivity index is 1.72. The Morgan fingerprint density at radius 2 is 1.95 bits per heavy atom. The fourth-order valence-corrected chi connectivity index (χ4v) is 3.12. The Bertz CT molecular complexity index is 826. The molecule has 3 rings (SSSR count). The number of hydrazine groups is 1. The van der Waals surface area contributed by atoms with Crippen LogP contribution in [0.1, 0.15) is 20.0 Å². The first-order valence-electron chi connectivity index (χ1n) is 5.93. The molecule has 0 saturated carbocycles. The van der Waals surface area contributed by atoms with Gasteiger partial charge < -0.3 is 0 Å². The van der Waals surface area contributed by atoms with Crippen LogP contribution in [0.5, 0.6) is 0 Å². The number of para-hydroxylation sites is 1. The van der Waals surface area contributed by atoms with Crippen molar-refractivity contribution in [1.82, 2.24) is 21.0 Å². The quantitative estimate of drug-likeness (QED) is 0.610. The van der Waals surface area contributed by atoms with Crippen molar-refractivity contribution in [3.8, 4) is 0 Å². The predicted octanol–water partition coefficient (Wildman–Crippen LogP) is 2.46. The highest BCUT2D eigenvalue weighted by molar-refractivity contribution is 9.11. The highest BCUT2D eigenvalue weighted by Crippen LogP contribution is 2.21. The summed E-state index contributed by atoms with van der Waals surface area (Å²) in [6.07, 6.45) is 1.63. The monoisotopic (exact) mass is 364 g/mol. The minimum atomic E-state index is -0.408. The van der Waals surface area contributed by atoms with Crippen molar-refractivity contribution in [3.05, 3.63) is 50.8 Å². The molecule has 21 heavy (non-hydrogen) atoms. The van der Waals surface area contributed by atoms with E-state index in [1.165, 1.54) is 11.3 Å². The number of nitrogens with one attached hydrogen (secondary N) is 3. The van der Waals surface area contributed by atoms with Crippen molar-refractivity contribution in [1.29, 1.82) is 0 Å². The largest absolute Gasteiger partial charge is 0.279 e. The lowest BCUT2D eigenvalue weighted by Crippen LogP contribution is -2.41. The number of carbonyl (C=O) groups is 2. The molecule has 2 amide bonds. The summed E-state index contributed by atoms with van der Waals surface area (Å²) in [7, 11) is 0. The minimum absolute atomic E-state index is 0.365. The van der Waals surface area contributed by atoms with Crippen molar-refractivity contribution in [2.75, 3.05) is 0 Å². The number of halogens is 1. The summed E-state index contributed by atoms with van der Waals surface area (Å²) in [6, 6.07) is 8.70. The molecular formula is C13H9BrN4O2S. The van der Waals surface area contributed by atoms with Crippen LogP contribution in [0.25, 0.3) is 10.9 Å². The minimum Gasteiger partial charge on any atom is -0.277 e. The molecule has 0 aliphatic carbocycles. The van der Waals surface area contributed by atoms with Crippen LogP contribution in [-0.2, 0) is 0 Å². The standard InChI is InChI=1S/C13H9BrN4O2S/c14-10-5-4-9(21-10)13(20)18-17-12(19)8-3-1-2-7-6-15-16-11(7)8/h1-6H,(H,15,16)(H,17,19)(H,18,20). The molecule has 0 bridgehead atoms. The van der Waals surface area contributed by atoms with Gasteiger partial charge in [-0.05, 0) is 34.1 Å². The molecule has 0 aliphatic heterocycles. The summed E-state index contributed by atoms with van der Waals surface area (Å²) in [4.78, 5) is 24.5. The third kappa shape index (κ3) is 2.81. The number of hydrogen-bond acceptors (Lipinski definition) is 4. The zero-order valence-electron chi connectivity index (χ0n) is 10.5. The number of aromatic amines is 1. The van der Waals surface area contributed by atoms with E-state index in [1.807, 2.05) is 6.07 Å². The van der Waals surface area contributed by atoms with Gasteiger partial charge in [0.25, 0.3) is 11.8 Å². The van der Waals surface area contributed by atoms with Gasteiger partial charge in [-0.3, -0.25) is 25.5 Å². The molecule has 3 aromatic rings. The molecule has 0 saturated heterocycles. The van der Waals surface area contributed by atoms with Crippen LogP contribution in [0.3, 0.4) is 0 Å². The number of hydrogen-bond donors (Lipinski definition) is 3. The van der Waals surface area contributed by atoms with Crippen LogP contribution < -0.4 is 10.9 Å². The highest BCUT2D eigenvalue weighted by atomic mass is 79.9. The topological polar surface area (TPSA) is 86.9 Å². The molecule has 0 radical (unpaired) electrons. The summed E-state index contributed by atoms with van der Waals surface area (Å²) in [6.45, 7) is 0. The van der Waals surface area contributed by atoms with Crippen molar-refractivity contribution in [3.63, 3.8) is 0 Å². The van der Waals surface area contributed by atoms with Gasteiger partial charge in [0.05, 0.1) is 25.9 Å².